The number of fused-ring (bicyclic) bond motifs is 4. The number of ether oxygens (including phenoxy) is 1. The first-order valence-electron chi connectivity index (χ1n) is 16.4. The van der Waals surface area contributed by atoms with E-state index in [1.54, 1.807) is 0 Å². The fourth-order valence-corrected chi connectivity index (χ4v) is 7.14. The second-order valence-corrected chi connectivity index (χ2v) is 12.9. The van der Waals surface area contributed by atoms with Gasteiger partial charge in [-0.05, 0) is 93.5 Å². The lowest BCUT2D eigenvalue weighted by Gasteiger charge is -2.28. The molecule has 0 saturated carbocycles. The predicted molar refractivity (Wildman–Crippen MR) is 202 cm³/mol. The normalized spacial score (nSPS) is 12.7. The van der Waals surface area contributed by atoms with Gasteiger partial charge in [0.25, 0.3) is 0 Å². The predicted octanol–water partition coefficient (Wildman–Crippen LogP) is 12.2. The topological polar surface area (TPSA) is 24.8 Å². The van der Waals surface area contributed by atoms with E-state index < -0.39 is 0 Å². The molecule has 1 aliphatic carbocycles. The molecule has 0 fully saturated rings. The molecule has 8 rings (SSSR count). The van der Waals surface area contributed by atoms with E-state index in [1.165, 1.54) is 33.4 Å². The molecule has 7 aromatic carbocycles. The van der Waals surface area contributed by atoms with Crippen molar-refractivity contribution in [2.75, 3.05) is 4.90 Å². The quantitative estimate of drug-likeness (QED) is 0.158. The third kappa shape index (κ3) is 5.14. The maximum Gasteiger partial charge on any atom is 0.153 e. The minimum atomic E-state index is -0.0958. The van der Waals surface area contributed by atoms with E-state index in [2.05, 4.69) is 170 Å². The van der Waals surface area contributed by atoms with Gasteiger partial charge in [-0.25, -0.2) is 0 Å². The summed E-state index contributed by atoms with van der Waals surface area (Å²) in [4.78, 5) is 6.59. The SMILES string of the molecule is C=Nc1ccc2ccccc2c1OCc1ccc(N(c2cccc(-c3ccccc3)c2)c2ccc3c(c2)C(C)(C)c2ccccc2-3)cc1. The van der Waals surface area contributed by atoms with E-state index in [0.29, 0.717) is 6.61 Å². The molecule has 0 N–H and O–H groups in total. The van der Waals surface area contributed by atoms with Crippen LogP contribution in [-0.4, -0.2) is 6.72 Å². The summed E-state index contributed by atoms with van der Waals surface area (Å²) < 4.78 is 6.42. The minimum Gasteiger partial charge on any atom is -0.486 e. The maximum absolute atomic E-state index is 6.42. The monoisotopic (exact) mass is 620 g/mol. The molecule has 232 valence electrons. The van der Waals surface area contributed by atoms with Crippen LogP contribution in [0.1, 0.15) is 30.5 Å². The highest BCUT2D eigenvalue weighted by atomic mass is 16.5. The van der Waals surface area contributed by atoms with Crippen molar-refractivity contribution in [1.82, 2.24) is 0 Å². The van der Waals surface area contributed by atoms with Gasteiger partial charge in [0.15, 0.2) is 5.75 Å². The van der Waals surface area contributed by atoms with Crippen LogP contribution >= 0.6 is 0 Å². The Morgan fingerprint density at radius 3 is 2.10 bits per heavy atom. The molecular formula is C45H36N2O. The van der Waals surface area contributed by atoms with Crippen LogP contribution in [0.15, 0.2) is 163 Å². The third-order valence-corrected chi connectivity index (χ3v) is 9.64. The highest BCUT2D eigenvalue weighted by molar-refractivity contribution is 5.93. The zero-order chi connectivity index (χ0) is 32.7. The standard InChI is InChI=1S/C45H36N2O/c1-45(2)41-19-10-9-18-39(41)40-26-25-37(29-42(40)45)47(36-16-11-15-34(28-36)32-12-5-4-6-13-32)35-23-20-31(21-24-35)30-48-44-38-17-8-7-14-33(38)22-27-43(44)46-3/h4-29H,3,30H2,1-2H3. The lowest BCUT2D eigenvalue weighted by Crippen LogP contribution is -2.16. The van der Waals surface area contributed by atoms with Crippen LogP contribution < -0.4 is 9.64 Å². The van der Waals surface area contributed by atoms with Gasteiger partial charge >= 0.3 is 0 Å². The molecule has 0 bridgehead atoms. The smallest absolute Gasteiger partial charge is 0.153 e. The van der Waals surface area contributed by atoms with E-state index in [0.717, 1.165) is 44.8 Å². The second kappa shape index (κ2) is 12.0. The second-order valence-electron chi connectivity index (χ2n) is 12.9. The summed E-state index contributed by atoms with van der Waals surface area (Å²) in [6.45, 7) is 8.86. The van der Waals surface area contributed by atoms with E-state index in [9.17, 15) is 0 Å². The highest BCUT2D eigenvalue weighted by Crippen LogP contribution is 2.50. The van der Waals surface area contributed by atoms with Crippen LogP contribution in [0.4, 0.5) is 22.7 Å². The van der Waals surface area contributed by atoms with Gasteiger partial charge < -0.3 is 9.64 Å². The van der Waals surface area contributed by atoms with Crippen molar-refractivity contribution in [2.24, 2.45) is 4.99 Å². The molecular weight excluding hydrogens is 585 g/mol. The fraction of sp³-hybridized carbons (Fsp3) is 0.0889. The van der Waals surface area contributed by atoms with Gasteiger partial charge in [0.2, 0.25) is 0 Å². The number of hydrogen-bond acceptors (Lipinski definition) is 3. The average molecular weight is 621 g/mol. The number of nitrogens with zero attached hydrogens (tertiary/aromatic N) is 2. The summed E-state index contributed by atoms with van der Waals surface area (Å²) in [6, 6.07) is 56.0. The summed E-state index contributed by atoms with van der Waals surface area (Å²) in [5, 5.41) is 2.15. The van der Waals surface area contributed by atoms with Gasteiger partial charge in [0, 0.05) is 27.9 Å². The Morgan fingerprint density at radius 1 is 0.583 bits per heavy atom. The molecule has 0 saturated heterocycles. The van der Waals surface area contributed by atoms with E-state index in [1.807, 2.05) is 18.2 Å². The van der Waals surface area contributed by atoms with E-state index in [4.69, 9.17) is 4.74 Å². The van der Waals surface area contributed by atoms with Gasteiger partial charge in [-0.1, -0.05) is 129 Å². The van der Waals surface area contributed by atoms with Crippen LogP contribution in [0.3, 0.4) is 0 Å². The van der Waals surface area contributed by atoms with Gasteiger partial charge in [0.05, 0.1) is 0 Å². The van der Waals surface area contributed by atoms with Crippen molar-refractivity contribution in [3.63, 3.8) is 0 Å². The summed E-state index contributed by atoms with van der Waals surface area (Å²) in [5.41, 5.74) is 12.8. The van der Waals surface area contributed by atoms with E-state index in [-0.39, 0.29) is 5.41 Å². The largest absolute Gasteiger partial charge is 0.486 e. The average Bonchev–Trinajstić information content (AvgIpc) is 3.37. The Balaban J connectivity index is 1.18. The van der Waals surface area contributed by atoms with E-state index >= 15 is 0 Å². The third-order valence-electron chi connectivity index (χ3n) is 9.64. The number of aliphatic imine (C=N–C) groups is 1. The first kappa shape index (κ1) is 29.5. The van der Waals surface area contributed by atoms with Crippen molar-refractivity contribution in [2.45, 2.75) is 25.9 Å². The molecule has 3 heteroatoms. The van der Waals surface area contributed by atoms with Crippen molar-refractivity contribution >= 4 is 40.2 Å². The summed E-state index contributed by atoms with van der Waals surface area (Å²) in [5.74, 6) is 0.758. The molecule has 0 unspecified atom stereocenters. The molecule has 1 aliphatic rings. The van der Waals surface area contributed by atoms with Gasteiger partial charge in [0.1, 0.15) is 12.3 Å². The fourth-order valence-electron chi connectivity index (χ4n) is 7.14. The van der Waals surface area contributed by atoms with Crippen molar-refractivity contribution < 1.29 is 4.74 Å². The lowest BCUT2D eigenvalue weighted by atomic mass is 9.82. The number of hydrogen-bond donors (Lipinski definition) is 0. The van der Waals surface area contributed by atoms with Crippen molar-refractivity contribution in [3.8, 4) is 28.0 Å². The molecule has 0 spiro atoms. The van der Waals surface area contributed by atoms with Gasteiger partial charge in [-0.2, -0.15) is 0 Å². The van der Waals surface area contributed by atoms with Crippen molar-refractivity contribution in [1.29, 1.82) is 0 Å². The molecule has 7 aromatic rings. The maximum atomic E-state index is 6.42. The molecule has 3 nitrogen and oxygen atoms in total. The lowest BCUT2D eigenvalue weighted by molar-refractivity contribution is 0.311. The van der Waals surface area contributed by atoms with Gasteiger partial charge in [-0.15, -0.1) is 0 Å². The molecule has 0 amide bonds. The van der Waals surface area contributed by atoms with Crippen LogP contribution in [0.5, 0.6) is 5.75 Å². The Kier molecular flexibility index (Phi) is 7.38. The molecule has 0 aliphatic heterocycles. The molecule has 0 aromatic heterocycles. The van der Waals surface area contributed by atoms with Crippen LogP contribution in [0.25, 0.3) is 33.0 Å². The number of anilines is 3. The zero-order valence-corrected chi connectivity index (χ0v) is 27.2. The number of rotatable bonds is 8. The van der Waals surface area contributed by atoms with Gasteiger partial charge in [-0.3, -0.25) is 4.99 Å². The first-order chi connectivity index (χ1) is 23.5. The summed E-state index contributed by atoms with van der Waals surface area (Å²) in [6.07, 6.45) is 0. The van der Waals surface area contributed by atoms with Crippen LogP contribution in [-0.2, 0) is 12.0 Å². The minimum absolute atomic E-state index is 0.0958. The molecule has 0 atom stereocenters. The first-order valence-corrected chi connectivity index (χ1v) is 16.4. The zero-order valence-electron chi connectivity index (χ0n) is 27.2. The Labute approximate surface area is 282 Å². The number of benzene rings is 7. The molecule has 48 heavy (non-hydrogen) atoms. The molecule has 0 heterocycles. The summed E-state index contributed by atoms with van der Waals surface area (Å²) >= 11 is 0. The van der Waals surface area contributed by atoms with Crippen molar-refractivity contribution in [3.05, 3.63) is 174 Å². The van der Waals surface area contributed by atoms with Crippen LogP contribution in [0, 0.1) is 0 Å². The summed E-state index contributed by atoms with van der Waals surface area (Å²) in [7, 11) is 0. The Morgan fingerprint density at radius 2 is 1.27 bits per heavy atom. The highest BCUT2D eigenvalue weighted by Gasteiger charge is 2.35. The molecule has 0 radical (unpaired) electrons. The Bertz CT molecular complexity index is 2290. The van der Waals surface area contributed by atoms with Crippen LogP contribution in [0.2, 0.25) is 0 Å². The Hall–Kier alpha value is -5.93.